The molecule has 6 heteroatoms. The molecule has 0 fully saturated rings. The first-order chi connectivity index (χ1) is 8.25. The molecule has 0 radical (unpaired) electrons. The van der Waals surface area contributed by atoms with Gasteiger partial charge in [-0.1, -0.05) is 0 Å². The predicted octanol–water partition coefficient (Wildman–Crippen LogP) is 1.25. The minimum Gasteiger partial charge on any atom is -0.339 e. The minimum atomic E-state index is -0.350. The third kappa shape index (κ3) is 1.50. The molecule has 0 saturated heterocycles. The molecular weight excluding hydrogens is 223 g/mol. The third-order valence-corrected chi connectivity index (χ3v) is 2.45. The standard InChI is InChI=1S/C11H7FN4O/c12-7-1-3-8(4-2-7)16-6-15-10-9(11(16)17)13-5-14-10/h1-6H,(H,13,14). The van der Waals surface area contributed by atoms with Crippen LogP contribution in [0.3, 0.4) is 0 Å². The fourth-order valence-corrected chi connectivity index (χ4v) is 1.61. The zero-order valence-electron chi connectivity index (χ0n) is 8.59. The molecule has 1 aromatic carbocycles. The molecule has 84 valence electrons. The molecule has 2 aromatic heterocycles. The number of imidazole rings is 1. The van der Waals surface area contributed by atoms with E-state index in [1.165, 1.54) is 41.5 Å². The highest BCUT2D eigenvalue weighted by molar-refractivity contribution is 5.68. The molecule has 5 nitrogen and oxygen atoms in total. The maximum Gasteiger partial charge on any atom is 0.283 e. The molecule has 0 spiro atoms. The second kappa shape index (κ2) is 3.51. The maximum atomic E-state index is 12.8. The molecule has 1 N–H and O–H groups in total. The molecule has 0 aliphatic carbocycles. The molecule has 2 heterocycles. The predicted molar refractivity (Wildman–Crippen MR) is 59.4 cm³/mol. The number of halogens is 1. The fourth-order valence-electron chi connectivity index (χ4n) is 1.61. The van der Waals surface area contributed by atoms with Crippen LogP contribution in [0.1, 0.15) is 0 Å². The zero-order valence-corrected chi connectivity index (χ0v) is 8.59. The molecule has 3 aromatic rings. The van der Waals surface area contributed by atoms with E-state index < -0.39 is 0 Å². The van der Waals surface area contributed by atoms with Crippen LogP contribution < -0.4 is 5.56 Å². The van der Waals surface area contributed by atoms with Gasteiger partial charge in [0.05, 0.1) is 12.0 Å². The number of aromatic nitrogens is 4. The second-order valence-corrected chi connectivity index (χ2v) is 3.50. The maximum absolute atomic E-state index is 12.8. The molecular formula is C11H7FN4O. The lowest BCUT2D eigenvalue weighted by Gasteiger charge is -2.03. The van der Waals surface area contributed by atoms with Crippen molar-refractivity contribution < 1.29 is 4.39 Å². The molecule has 0 amide bonds. The van der Waals surface area contributed by atoms with Crippen LogP contribution in [0.4, 0.5) is 4.39 Å². The van der Waals surface area contributed by atoms with E-state index in [9.17, 15) is 9.18 Å². The van der Waals surface area contributed by atoms with E-state index >= 15 is 0 Å². The Morgan fingerprint density at radius 3 is 2.71 bits per heavy atom. The lowest BCUT2D eigenvalue weighted by Crippen LogP contribution is -2.18. The van der Waals surface area contributed by atoms with Crippen LogP contribution >= 0.6 is 0 Å². The number of nitrogens with zero attached hydrogens (tertiary/aromatic N) is 3. The smallest absolute Gasteiger partial charge is 0.283 e. The summed E-state index contributed by atoms with van der Waals surface area (Å²) in [7, 11) is 0. The van der Waals surface area contributed by atoms with Crippen molar-refractivity contribution in [1.82, 2.24) is 19.5 Å². The minimum absolute atomic E-state index is 0.265. The van der Waals surface area contributed by atoms with Gasteiger partial charge in [-0.15, -0.1) is 0 Å². The molecule has 3 rings (SSSR count). The van der Waals surface area contributed by atoms with Gasteiger partial charge in [-0.05, 0) is 24.3 Å². The van der Waals surface area contributed by atoms with Gasteiger partial charge in [0.25, 0.3) is 5.56 Å². The van der Waals surface area contributed by atoms with Crippen LogP contribution in [0, 0.1) is 5.82 Å². The lowest BCUT2D eigenvalue weighted by atomic mass is 10.3. The largest absolute Gasteiger partial charge is 0.339 e. The SMILES string of the molecule is O=c1c2[nH]cnc2ncn1-c1ccc(F)cc1. The van der Waals surface area contributed by atoms with Crippen LogP contribution in [0.15, 0.2) is 41.7 Å². The Balaban J connectivity index is 2.27. The number of hydrogen-bond acceptors (Lipinski definition) is 3. The number of nitrogens with one attached hydrogen (secondary N) is 1. The number of benzene rings is 1. The Hall–Kier alpha value is -2.50. The van der Waals surface area contributed by atoms with Crippen molar-refractivity contribution >= 4 is 11.2 Å². The van der Waals surface area contributed by atoms with Gasteiger partial charge in [-0.25, -0.2) is 14.4 Å². The average molecular weight is 230 g/mol. The summed E-state index contributed by atoms with van der Waals surface area (Å²) >= 11 is 0. The first-order valence-electron chi connectivity index (χ1n) is 4.92. The second-order valence-electron chi connectivity index (χ2n) is 3.50. The molecule has 0 aliphatic heterocycles. The Bertz CT molecular complexity index is 729. The topological polar surface area (TPSA) is 63.6 Å². The Kier molecular flexibility index (Phi) is 2.01. The fraction of sp³-hybridized carbons (Fsp3) is 0. The van der Waals surface area contributed by atoms with Gasteiger partial charge >= 0.3 is 0 Å². The summed E-state index contributed by atoms with van der Waals surface area (Å²) in [5.74, 6) is -0.350. The summed E-state index contributed by atoms with van der Waals surface area (Å²) in [5.41, 5.74) is 0.990. The highest BCUT2D eigenvalue weighted by Crippen LogP contribution is 2.07. The molecule has 0 unspecified atom stereocenters. The van der Waals surface area contributed by atoms with Crippen molar-refractivity contribution in [2.24, 2.45) is 0 Å². The van der Waals surface area contributed by atoms with Crippen LogP contribution in [-0.2, 0) is 0 Å². The Morgan fingerprint density at radius 1 is 1.18 bits per heavy atom. The molecule has 17 heavy (non-hydrogen) atoms. The van der Waals surface area contributed by atoms with E-state index in [1.807, 2.05) is 0 Å². The zero-order chi connectivity index (χ0) is 11.8. The van der Waals surface area contributed by atoms with E-state index in [2.05, 4.69) is 15.0 Å². The van der Waals surface area contributed by atoms with Gasteiger partial charge in [-0.3, -0.25) is 9.36 Å². The summed E-state index contributed by atoms with van der Waals surface area (Å²) in [4.78, 5) is 22.7. The van der Waals surface area contributed by atoms with Crippen LogP contribution in [-0.4, -0.2) is 19.5 Å². The molecule has 0 aliphatic rings. The summed E-state index contributed by atoms with van der Waals surface area (Å²) in [6, 6.07) is 5.61. The van der Waals surface area contributed by atoms with Gasteiger partial charge in [0, 0.05) is 0 Å². The van der Waals surface area contributed by atoms with Crippen molar-refractivity contribution in [2.75, 3.05) is 0 Å². The van der Waals surface area contributed by atoms with E-state index in [1.54, 1.807) is 0 Å². The van der Waals surface area contributed by atoms with Gasteiger partial charge in [0.15, 0.2) is 11.2 Å². The average Bonchev–Trinajstić information content (AvgIpc) is 2.80. The van der Waals surface area contributed by atoms with Crippen molar-refractivity contribution in [3.8, 4) is 5.69 Å². The number of H-pyrrole nitrogens is 1. The third-order valence-electron chi connectivity index (χ3n) is 2.45. The van der Waals surface area contributed by atoms with E-state index in [4.69, 9.17) is 0 Å². The van der Waals surface area contributed by atoms with Crippen molar-refractivity contribution in [2.45, 2.75) is 0 Å². The summed E-state index contributed by atoms with van der Waals surface area (Å²) in [6.45, 7) is 0. The Morgan fingerprint density at radius 2 is 1.94 bits per heavy atom. The molecule has 0 atom stereocenters. The quantitative estimate of drug-likeness (QED) is 0.684. The number of hydrogen-bond donors (Lipinski definition) is 1. The van der Waals surface area contributed by atoms with Crippen LogP contribution in [0.25, 0.3) is 16.9 Å². The van der Waals surface area contributed by atoms with Crippen molar-refractivity contribution in [3.63, 3.8) is 0 Å². The van der Waals surface area contributed by atoms with Gasteiger partial charge in [-0.2, -0.15) is 0 Å². The first kappa shape index (κ1) is 9.71. The normalized spacial score (nSPS) is 10.9. The van der Waals surface area contributed by atoms with Crippen molar-refractivity contribution in [3.05, 3.63) is 53.1 Å². The number of aromatic amines is 1. The molecule has 0 saturated carbocycles. The van der Waals surface area contributed by atoms with Gasteiger partial charge < -0.3 is 4.98 Å². The van der Waals surface area contributed by atoms with E-state index in [0.717, 1.165) is 0 Å². The van der Waals surface area contributed by atoms with Gasteiger partial charge in [0.1, 0.15) is 12.1 Å². The van der Waals surface area contributed by atoms with Crippen LogP contribution in [0.2, 0.25) is 0 Å². The highest BCUT2D eigenvalue weighted by atomic mass is 19.1. The summed E-state index contributed by atoms with van der Waals surface area (Å²) < 4.78 is 14.1. The Labute approximate surface area is 94.6 Å². The lowest BCUT2D eigenvalue weighted by molar-refractivity contribution is 0.627. The van der Waals surface area contributed by atoms with E-state index in [0.29, 0.717) is 16.9 Å². The summed E-state index contributed by atoms with van der Waals surface area (Å²) in [6.07, 6.45) is 2.78. The molecule has 0 bridgehead atoms. The monoisotopic (exact) mass is 230 g/mol. The number of fused-ring (bicyclic) bond motifs is 1. The van der Waals surface area contributed by atoms with E-state index in [-0.39, 0.29) is 11.4 Å². The summed E-state index contributed by atoms with van der Waals surface area (Å²) in [5, 5.41) is 0. The van der Waals surface area contributed by atoms with Gasteiger partial charge in [0.2, 0.25) is 0 Å². The van der Waals surface area contributed by atoms with Crippen LogP contribution in [0.5, 0.6) is 0 Å². The van der Waals surface area contributed by atoms with Crippen molar-refractivity contribution in [1.29, 1.82) is 0 Å². The first-order valence-corrected chi connectivity index (χ1v) is 4.92. The highest BCUT2D eigenvalue weighted by Gasteiger charge is 2.07. The number of rotatable bonds is 1.